The van der Waals surface area contributed by atoms with Crippen molar-refractivity contribution in [2.45, 2.75) is 6.92 Å². The Labute approximate surface area is 113 Å². The monoisotopic (exact) mass is 308 g/mol. The molecule has 18 heavy (non-hydrogen) atoms. The van der Waals surface area contributed by atoms with Gasteiger partial charge < -0.3 is 4.74 Å². The highest BCUT2D eigenvalue weighted by Crippen LogP contribution is 2.30. The number of halogens is 2. The summed E-state index contributed by atoms with van der Waals surface area (Å²) in [4.78, 5) is 11.2. The Morgan fingerprint density at radius 3 is 2.67 bits per heavy atom. The van der Waals surface area contributed by atoms with Crippen LogP contribution >= 0.6 is 15.9 Å². The van der Waals surface area contributed by atoms with Crippen molar-refractivity contribution in [3.63, 3.8) is 0 Å². The molecular weight excluding hydrogens is 299 g/mol. The zero-order valence-electron chi connectivity index (χ0n) is 9.61. The first-order valence-corrected chi connectivity index (χ1v) is 6.09. The predicted octanol–water partition coefficient (Wildman–Crippen LogP) is 4.58. The zero-order valence-corrected chi connectivity index (χ0v) is 11.2. The molecule has 0 saturated heterocycles. The SMILES string of the molecule is CC(=O)c1cccc(Oc2ccc(F)cc2Br)c1. The van der Waals surface area contributed by atoms with Crippen molar-refractivity contribution in [1.82, 2.24) is 0 Å². The van der Waals surface area contributed by atoms with Crippen LogP contribution in [0.1, 0.15) is 17.3 Å². The Kier molecular flexibility index (Phi) is 3.77. The van der Waals surface area contributed by atoms with Gasteiger partial charge in [-0.3, -0.25) is 4.79 Å². The smallest absolute Gasteiger partial charge is 0.159 e. The fraction of sp³-hybridized carbons (Fsp3) is 0.0714. The van der Waals surface area contributed by atoms with Gasteiger partial charge in [0, 0.05) is 5.56 Å². The van der Waals surface area contributed by atoms with Gasteiger partial charge in [-0.25, -0.2) is 4.39 Å². The third kappa shape index (κ3) is 2.96. The van der Waals surface area contributed by atoms with E-state index in [1.54, 1.807) is 24.3 Å². The number of carbonyl (C=O) groups excluding carboxylic acids is 1. The van der Waals surface area contributed by atoms with Crippen LogP contribution in [0.15, 0.2) is 46.9 Å². The molecule has 0 aliphatic rings. The van der Waals surface area contributed by atoms with E-state index in [1.165, 1.54) is 25.1 Å². The van der Waals surface area contributed by atoms with E-state index in [1.807, 2.05) is 0 Å². The summed E-state index contributed by atoms with van der Waals surface area (Å²) >= 11 is 3.22. The van der Waals surface area contributed by atoms with Crippen LogP contribution in [0.3, 0.4) is 0 Å². The summed E-state index contributed by atoms with van der Waals surface area (Å²) in [6, 6.07) is 11.0. The average Bonchev–Trinajstić information content (AvgIpc) is 2.33. The molecule has 92 valence electrons. The minimum absolute atomic E-state index is 0.0291. The second-order valence-corrected chi connectivity index (χ2v) is 4.62. The summed E-state index contributed by atoms with van der Waals surface area (Å²) in [5.74, 6) is 0.664. The molecule has 0 unspecified atom stereocenters. The molecule has 2 nitrogen and oxygen atoms in total. The van der Waals surface area contributed by atoms with E-state index in [4.69, 9.17) is 4.74 Å². The van der Waals surface area contributed by atoms with Crippen molar-refractivity contribution in [3.05, 3.63) is 58.3 Å². The number of benzene rings is 2. The maximum absolute atomic E-state index is 12.9. The van der Waals surface area contributed by atoms with Gasteiger partial charge in [-0.1, -0.05) is 12.1 Å². The van der Waals surface area contributed by atoms with Gasteiger partial charge in [0.2, 0.25) is 0 Å². The molecule has 4 heteroatoms. The lowest BCUT2D eigenvalue weighted by Gasteiger charge is -2.08. The van der Waals surface area contributed by atoms with Crippen molar-refractivity contribution in [3.8, 4) is 11.5 Å². The van der Waals surface area contributed by atoms with Crippen molar-refractivity contribution in [1.29, 1.82) is 0 Å². The Hall–Kier alpha value is -1.68. The van der Waals surface area contributed by atoms with E-state index in [0.29, 0.717) is 21.5 Å². The molecular formula is C14H10BrFO2. The number of hydrogen-bond acceptors (Lipinski definition) is 2. The van der Waals surface area contributed by atoms with Gasteiger partial charge in [0.15, 0.2) is 5.78 Å². The molecule has 0 spiro atoms. The second kappa shape index (κ2) is 5.31. The first-order chi connectivity index (χ1) is 8.56. The van der Waals surface area contributed by atoms with Crippen LogP contribution < -0.4 is 4.74 Å². The van der Waals surface area contributed by atoms with Gasteiger partial charge in [-0.15, -0.1) is 0 Å². The summed E-state index contributed by atoms with van der Waals surface area (Å²) in [6.07, 6.45) is 0. The van der Waals surface area contributed by atoms with E-state index >= 15 is 0 Å². The molecule has 0 fully saturated rings. The van der Waals surface area contributed by atoms with Crippen LogP contribution in [0, 0.1) is 5.82 Å². The minimum atomic E-state index is -0.341. The number of rotatable bonds is 3. The zero-order chi connectivity index (χ0) is 13.1. The highest BCUT2D eigenvalue weighted by molar-refractivity contribution is 9.10. The number of carbonyl (C=O) groups is 1. The van der Waals surface area contributed by atoms with E-state index < -0.39 is 0 Å². The van der Waals surface area contributed by atoms with Crippen LogP contribution in [0.5, 0.6) is 11.5 Å². The predicted molar refractivity (Wildman–Crippen MR) is 70.6 cm³/mol. The number of hydrogen-bond donors (Lipinski definition) is 0. The van der Waals surface area contributed by atoms with Crippen LogP contribution in [0.2, 0.25) is 0 Å². The van der Waals surface area contributed by atoms with E-state index in [0.717, 1.165) is 0 Å². The molecule has 0 bridgehead atoms. The first-order valence-electron chi connectivity index (χ1n) is 5.30. The highest BCUT2D eigenvalue weighted by atomic mass is 79.9. The van der Waals surface area contributed by atoms with Gasteiger partial charge >= 0.3 is 0 Å². The van der Waals surface area contributed by atoms with Crippen molar-refractivity contribution >= 4 is 21.7 Å². The molecule has 0 N–H and O–H groups in total. The number of ketones is 1. The number of ether oxygens (including phenoxy) is 1. The van der Waals surface area contributed by atoms with Gasteiger partial charge in [0.1, 0.15) is 17.3 Å². The van der Waals surface area contributed by atoms with Crippen molar-refractivity contribution in [2.24, 2.45) is 0 Å². The fourth-order valence-electron chi connectivity index (χ4n) is 1.46. The molecule has 0 atom stereocenters. The third-order valence-corrected chi connectivity index (χ3v) is 2.98. The molecule has 2 rings (SSSR count). The van der Waals surface area contributed by atoms with Crippen molar-refractivity contribution in [2.75, 3.05) is 0 Å². The molecule has 0 saturated carbocycles. The van der Waals surface area contributed by atoms with Crippen LogP contribution in [0.25, 0.3) is 0 Å². The first kappa shape index (κ1) is 12.8. The Morgan fingerprint density at radius 2 is 2.00 bits per heavy atom. The Balaban J connectivity index is 2.28. The largest absolute Gasteiger partial charge is 0.456 e. The highest BCUT2D eigenvalue weighted by Gasteiger charge is 2.06. The Morgan fingerprint density at radius 1 is 1.22 bits per heavy atom. The summed E-state index contributed by atoms with van der Waals surface area (Å²) in [6.45, 7) is 1.49. The van der Waals surface area contributed by atoms with E-state index in [-0.39, 0.29) is 11.6 Å². The summed E-state index contributed by atoms with van der Waals surface area (Å²) in [5.41, 5.74) is 0.575. The lowest BCUT2D eigenvalue weighted by molar-refractivity contribution is 0.101. The maximum atomic E-state index is 12.9. The molecule has 0 heterocycles. The molecule has 0 aromatic heterocycles. The minimum Gasteiger partial charge on any atom is -0.456 e. The molecule has 2 aromatic rings. The normalized spacial score (nSPS) is 10.2. The van der Waals surface area contributed by atoms with Gasteiger partial charge in [0.25, 0.3) is 0 Å². The number of Topliss-reactive ketones (excluding diaryl/α,β-unsaturated/α-hetero) is 1. The van der Waals surface area contributed by atoms with Gasteiger partial charge in [-0.05, 0) is 53.2 Å². The van der Waals surface area contributed by atoms with Gasteiger partial charge in [-0.2, -0.15) is 0 Å². The summed E-state index contributed by atoms with van der Waals surface area (Å²) < 4.78 is 19.0. The van der Waals surface area contributed by atoms with Crippen LogP contribution in [-0.4, -0.2) is 5.78 Å². The topological polar surface area (TPSA) is 26.3 Å². The molecule has 0 amide bonds. The van der Waals surface area contributed by atoms with E-state index in [2.05, 4.69) is 15.9 Å². The van der Waals surface area contributed by atoms with Crippen molar-refractivity contribution < 1.29 is 13.9 Å². The second-order valence-electron chi connectivity index (χ2n) is 3.76. The van der Waals surface area contributed by atoms with Crippen LogP contribution in [-0.2, 0) is 0 Å². The Bertz CT molecular complexity index is 596. The van der Waals surface area contributed by atoms with Gasteiger partial charge in [0.05, 0.1) is 4.47 Å². The van der Waals surface area contributed by atoms with E-state index in [9.17, 15) is 9.18 Å². The standard InChI is InChI=1S/C14H10BrFO2/c1-9(17)10-3-2-4-12(7-10)18-14-6-5-11(16)8-13(14)15/h2-8H,1H3. The average molecular weight is 309 g/mol. The molecule has 2 aromatic carbocycles. The quantitative estimate of drug-likeness (QED) is 0.776. The fourth-order valence-corrected chi connectivity index (χ4v) is 1.90. The third-order valence-electron chi connectivity index (χ3n) is 2.36. The molecule has 0 radical (unpaired) electrons. The lowest BCUT2D eigenvalue weighted by Crippen LogP contribution is -1.93. The lowest BCUT2D eigenvalue weighted by atomic mass is 10.1. The van der Waals surface area contributed by atoms with Crippen LogP contribution in [0.4, 0.5) is 4.39 Å². The molecule has 0 aliphatic heterocycles. The maximum Gasteiger partial charge on any atom is 0.159 e. The summed E-state index contributed by atoms with van der Waals surface area (Å²) in [5, 5.41) is 0. The summed E-state index contributed by atoms with van der Waals surface area (Å²) in [7, 11) is 0. The molecule has 0 aliphatic carbocycles.